The van der Waals surface area contributed by atoms with E-state index in [4.69, 9.17) is 9.47 Å². The van der Waals surface area contributed by atoms with Gasteiger partial charge in [-0.25, -0.2) is 8.42 Å². The molecule has 0 amide bonds. The standard InChI is InChI=1S/C14H26O5S/c1-18-8-9-19-7-3-6-14(15)10-12-4-2-5-13(11-14)20(12,16)17/h12-13,15H,2-11H2,1H3. The Kier molecular flexibility index (Phi) is 5.45. The lowest BCUT2D eigenvalue weighted by Gasteiger charge is -2.43. The van der Waals surface area contributed by atoms with Gasteiger partial charge in [0.1, 0.15) is 0 Å². The van der Waals surface area contributed by atoms with E-state index in [1.54, 1.807) is 7.11 Å². The second-order valence-electron chi connectivity index (χ2n) is 6.11. The van der Waals surface area contributed by atoms with Crippen molar-refractivity contribution < 1.29 is 23.0 Å². The van der Waals surface area contributed by atoms with E-state index in [0.29, 0.717) is 51.9 Å². The predicted molar refractivity (Wildman–Crippen MR) is 76.5 cm³/mol. The quantitative estimate of drug-likeness (QED) is 0.718. The fourth-order valence-electron chi connectivity index (χ4n) is 3.49. The largest absolute Gasteiger partial charge is 0.390 e. The van der Waals surface area contributed by atoms with Crippen molar-refractivity contribution >= 4 is 9.84 Å². The first-order chi connectivity index (χ1) is 9.48. The van der Waals surface area contributed by atoms with Crippen LogP contribution >= 0.6 is 0 Å². The molecule has 2 atom stereocenters. The highest BCUT2D eigenvalue weighted by atomic mass is 32.2. The van der Waals surface area contributed by atoms with E-state index in [1.165, 1.54) is 0 Å². The molecule has 5 nitrogen and oxygen atoms in total. The number of rotatable bonds is 7. The summed E-state index contributed by atoms with van der Waals surface area (Å²) >= 11 is 0. The van der Waals surface area contributed by atoms with Crippen LogP contribution < -0.4 is 0 Å². The molecule has 0 radical (unpaired) electrons. The van der Waals surface area contributed by atoms with Crippen LogP contribution in [-0.2, 0) is 19.3 Å². The molecule has 2 rings (SSSR count). The van der Waals surface area contributed by atoms with Crippen molar-refractivity contribution in [3.8, 4) is 0 Å². The van der Waals surface area contributed by atoms with Crippen LogP contribution in [0.4, 0.5) is 0 Å². The van der Waals surface area contributed by atoms with Gasteiger partial charge in [0.25, 0.3) is 0 Å². The lowest BCUT2D eigenvalue weighted by molar-refractivity contribution is -0.00962. The van der Waals surface area contributed by atoms with Gasteiger partial charge in [-0.2, -0.15) is 0 Å². The fourth-order valence-corrected chi connectivity index (χ4v) is 6.11. The summed E-state index contributed by atoms with van der Waals surface area (Å²) < 4.78 is 34.6. The summed E-state index contributed by atoms with van der Waals surface area (Å²) in [4.78, 5) is 0. The first kappa shape index (κ1) is 16.2. The van der Waals surface area contributed by atoms with Crippen LogP contribution in [0.2, 0.25) is 0 Å². The number of ether oxygens (including phenoxy) is 2. The molecule has 0 aromatic carbocycles. The Hall–Kier alpha value is -0.170. The average Bonchev–Trinajstić information content (AvgIpc) is 2.36. The molecule has 2 heterocycles. The van der Waals surface area contributed by atoms with Gasteiger partial charge in [0.2, 0.25) is 0 Å². The van der Waals surface area contributed by atoms with E-state index in [9.17, 15) is 13.5 Å². The zero-order chi connectivity index (χ0) is 14.6. The first-order valence-electron chi connectivity index (χ1n) is 7.50. The second kappa shape index (κ2) is 6.73. The summed E-state index contributed by atoms with van der Waals surface area (Å²) in [5.74, 6) is 0. The molecule has 2 saturated heterocycles. The topological polar surface area (TPSA) is 72.8 Å². The number of methoxy groups -OCH3 is 1. The molecule has 0 aromatic rings. The molecule has 2 aliphatic rings. The van der Waals surface area contributed by atoms with E-state index >= 15 is 0 Å². The van der Waals surface area contributed by atoms with Crippen LogP contribution in [0.5, 0.6) is 0 Å². The van der Waals surface area contributed by atoms with Crippen molar-refractivity contribution in [2.45, 2.75) is 61.0 Å². The van der Waals surface area contributed by atoms with Crippen LogP contribution in [0.1, 0.15) is 44.9 Å². The highest BCUT2D eigenvalue weighted by Gasteiger charge is 2.49. The third-order valence-corrected chi connectivity index (χ3v) is 7.22. The Bertz CT molecular complexity index is 386. The average molecular weight is 306 g/mol. The fraction of sp³-hybridized carbons (Fsp3) is 1.00. The second-order valence-corrected chi connectivity index (χ2v) is 8.62. The summed E-state index contributed by atoms with van der Waals surface area (Å²) in [6.45, 7) is 1.73. The number of aliphatic hydroxyl groups is 1. The molecular formula is C14H26O5S. The molecule has 0 saturated carbocycles. The van der Waals surface area contributed by atoms with Gasteiger partial charge in [-0.1, -0.05) is 6.42 Å². The Morgan fingerprint density at radius 3 is 2.40 bits per heavy atom. The SMILES string of the molecule is COCCOCCCC1(O)CC2CCCC(C1)S2(=O)=O. The zero-order valence-electron chi connectivity index (χ0n) is 12.2. The van der Waals surface area contributed by atoms with E-state index in [-0.39, 0.29) is 10.5 Å². The summed E-state index contributed by atoms with van der Waals surface area (Å²) in [5.41, 5.74) is -0.814. The van der Waals surface area contributed by atoms with Crippen LogP contribution in [0.25, 0.3) is 0 Å². The highest BCUT2D eigenvalue weighted by molar-refractivity contribution is 7.92. The van der Waals surface area contributed by atoms with Crippen LogP contribution in [0, 0.1) is 0 Å². The smallest absolute Gasteiger partial charge is 0.156 e. The summed E-state index contributed by atoms with van der Waals surface area (Å²) in [6.07, 6.45) is 4.61. The third-order valence-electron chi connectivity index (χ3n) is 4.56. The van der Waals surface area contributed by atoms with Crippen molar-refractivity contribution in [1.82, 2.24) is 0 Å². The lowest BCUT2D eigenvalue weighted by atomic mass is 9.82. The molecule has 0 aromatic heterocycles. The molecule has 2 bridgehead atoms. The van der Waals surface area contributed by atoms with E-state index < -0.39 is 15.4 Å². The van der Waals surface area contributed by atoms with Crippen molar-refractivity contribution in [3.05, 3.63) is 0 Å². The Labute approximate surface area is 121 Å². The molecule has 1 N–H and O–H groups in total. The Morgan fingerprint density at radius 1 is 1.15 bits per heavy atom. The maximum atomic E-state index is 12.2. The van der Waals surface area contributed by atoms with Gasteiger partial charge in [0.05, 0.1) is 29.3 Å². The van der Waals surface area contributed by atoms with Crippen LogP contribution in [-0.4, -0.2) is 56.6 Å². The van der Waals surface area contributed by atoms with Crippen molar-refractivity contribution in [2.24, 2.45) is 0 Å². The Morgan fingerprint density at radius 2 is 1.80 bits per heavy atom. The summed E-state index contributed by atoms with van der Waals surface area (Å²) in [5, 5.41) is 10.0. The van der Waals surface area contributed by atoms with E-state index in [2.05, 4.69) is 0 Å². The number of sulfone groups is 1. The lowest BCUT2D eigenvalue weighted by Crippen LogP contribution is -2.51. The van der Waals surface area contributed by atoms with Gasteiger partial charge in [0.15, 0.2) is 9.84 Å². The molecular weight excluding hydrogens is 280 g/mol. The monoisotopic (exact) mass is 306 g/mol. The van der Waals surface area contributed by atoms with Gasteiger partial charge >= 0.3 is 0 Å². The molecule has 2 fully saturated rings. The number of fused-ring (bicyclic) bond motifs is 2. The molecule has 118 valence electrons. The van der Waals surface area contributed by atoms with Gasteiger partial charge in [-0.05, 0) is 38.5 Å². The van der Waals surface area contributed by atoms with Crippen molar-refractivity contribution in [2.75, 3.05) is 26.9 Å². The van der Waals surface area contributed by atoms with Gasteiger partial charge in [-0.15, -0.1) is 0 Å². The van der Waals surface area contributed by atoms with Gasteiger partial charge < -0.3 is 14.6 Å². The van der Waals surface area contributed by atoms with Gasteiger partial charge in [-0.3, -0.25) is 0 Å². The molecule has 2 unspecified atom stereocenters. The molecule has 0 spiro atoms. The minimum atomic E-state index is -2.99. The predicted octanol–water partition coefficient (Wildman–Crippen LogP) is 1.29. The first-order valence-corrected chi connectivity index (χ1v) is 9.11. The molecule has 6 heteroatoms. The highest BCUT2D eigenvalue weighted by Crippen LogP contribution is 2.43. The molecule has 20 heavy (non-hydrogen) atoms. The minimum Gasteiger partial charge on any atom is -0.390 e. The number of hydrogen-bond donors (Lipinski definition) is 1. The van der Waals surface area contributed by atoms with E-state index in [1.807, 2.05) is 0 Å². The van der Waals surface area contributed by atoms with E-state index in [0.717, 1.165) is 12.8 Å². The third kappa shape index (κ3) is 3.72. The minimum absolute atomic E-state index is 0.325. The molecule has 0 aliphatic carbocycles. The van der Waals surface area contributed by atoms with Crippen molar-refractivity contribution in [3.63, 3.8) is 0 Å². The maximum Gasteiger partial charge on any atom is 0.156 e. The van der Waals surface area contributed by atoms with Crippen molar-refractivity contribution in [1.29, 1.82) is 0 Å². The summed E-state index contributed by atoms with van der Waals surface area (Å²) in [7, 11) is -1.35. The van der Waals surface area contributed by atoms with Gasteiger partial charge in [0, 0.05) is 13.7 Å². The normalized spacial score (nSPS) is 35.9. The Balaban J connectivity index is 1.80. The maximum absolute atomic E-state index is 12.2. The molecule has 2 aliphatic heterocycles. The number of hydrogen-bond acceptors (Lipinski definition) is 5. The summed E-state index contributed by atoms with van der Waals surface area (Å²) in [6, 6.07) is 0. The van der Waals surface area contributed by atoms with Crippen LogP contribution in [0.15, 0.2) is 0 Å². The zero-order valence-corrected chi connectivity index (χ0v) is 13.0. The van der Waals surface area contributed by atoms with Crippen LogP contribution in [0.3, 0.4) is 0 Å².